The standard InChI is InChI=1S/C15H26N4/c1-12-14(9-18(2)17-12)11-19-8-4-5-13(10-19)15-6-3-7-16-15/h9,13,15-16H,3-8,10-11H2,1-2H3. The van der Waals surface area contributed by atoms with Crippen LogP contribution in [0.15, 0.2) is 6.20 Å². The van der Waals surface area contributed by atoms with Crippen LogP contribution in [0.1, 0.15) is 36.9 Å². The van der Waals surface area contributed by atoms with Crippen LogP contribution in [0.4, 0.5) is 0 Å². The smallest absolute Gasteiger partial charge is 0.0638 e. The average Bonchev–Trinajstić information content (AvgIpc) is 3.01. The molecule has 0 aliphatic carbocycles. The van der Waals surface area contributed by atoms with Gasteiger partial charge in [0.05, 0.1) is 5.69 Å². The van der Waals surface area contributed by atoms with E-state index in [0.717, 1.165) is 18.5 Å². The maximum absolute atomic E-state index is 4.45. The van der Waals surface area contributed by atoms with E-state index in [2.05, 4.69) is 28.4 Å². The average molecular weight is 262 g/mol. The lowest BCUT2D eigenvalue weighted by molar-refractivity contribution is 0.145. The molecular weight excluding hydrogens is 236 g/mol. The van der Waals surface area contributed by atoms with Gasteiger partial charge >= 0.3 is 0 Å². The molecule has 1 N–H and O–H groups in total. The van der Waals surface area contributed by atoms with Crippen LogP contribution in [0.5, 0.6) is 0 Å². The Morgan fingerprint density at radius 3 is 2.95 bits per heavy atom. The lowest BCUT2D eigenvalue weighted by Gasteiger charge is -2.35. The number of rotatable bonds is 3. The summed E-state index contributed by atoms with van der Waals surface area (Å²) < 4.78 is 1.94. The van der Waals surface area contributed by atoms with Gasteiger partial charge in [-0.3, -0.25) is 9.58 Å². The molecule has 19 heavy (non-hydrogen) atoms. The molecule has 106 valence electrons. The van der Waals surface area contributed by atoms with Gasteiger partial charge in [-0.1, -0.05) is 0 Å². The second-order valence-corrected chi connectivity index (χ2v) is 6.25. The number of hydrogen-bond donors (Lipinski definition) is 1. The van der Waals surface area contributed by atoms with Gasteiger partial charge in [0, 0.05) is 37.9 Å². The van der Waals surface area contributed by atoms with E-state index in [1.54, 1.807) is 0 Å². The summed E-state index contributed by atoms with van der Waals surface area (Å²) in [7, 11) is 2.01. The van der Waals surface area contributed by atoms with E-state index in [9.17, 15) is 0 Å². The molecule has 0 amide bonds. The van der Waals surface area contributed by atoms with Crippen molar-refractivity contribution >= 4 is 0 Å². The molecule has 0 aromatic carbocycles. The van der Waals surface area contributed by atoms with E-state index >= 15 is 0 Å². The summed E-state index contributed by atoms with van der Waals surface area (Å²) in [6, 6.07) is 0.776. The molecular formula is C15H26N4. The fourth-order valence-electron chi connectivity index (χ4n) is 3.72. The van der Waals surface area contributed by atoms with E-state index in [0.29, 0.717) is 0 Å². The van der Waals surface area contributed by atoms with Gasteiger partial charge in [-0.25, -0.2) is 0 Å². The Morgan fingerprint density at radius 2 is 2.26 bits per heavy atom. The monoisotopic (exact) mass is 262 g/mol. The van der Waals surface area contributed by atoms with Gasteiger partial charge in [-0.2, -0.15) is 5.10 Å². The van der Waals surface area contributed by atoms with Crippen LogP contribution in [-0.2, 0) is 13.6 Å². The Bertz CT molecular complexity index is 420. The molecule has 2 atom stereocenters. The van der Waals surface area contributed by atoms with Crippen molar-refractivity contribution in [3.63, 3.8) is 0 Å². The van der Waals surface area contributed by atoms with E-state index in [4.69, 9.17) is 0 Å². The SMILES string of the molecule is Cc1nn(C)cc1CN1CCCC(C2CCCN2)C1. The van der Waals surface area contributed by atoms with Crippen LogP contribution in [0.2, 0.25) is 0 Å². The van der Waals surface area contributed by atoms with Crippen molar-refractivity contribution in [2.24, 2.45) is 13.0 Å². The molecule has 3 heterocycles. The Balaban J connectivity index is 1.60. The summed E-state index contributed by atoms with van der Waals surface area (Å²) >= 11 is 0. The molecule has 1 aromatic rings. The number of nitrogens with one attached hydrogen (secondary N) is 1. The summed E-state index contributed by atoms with van der Waals surface area (Å²) in [6.45, 7) is 6.92. The van der Waals surface area contributed by atoms with Crippen LogP contribution >= 0.6 is 0 Å². The minimum Gasteiger partial charge on any atom is -0.314 e. The quantitative estimate of drug-likeness (QED) is 0.900. The molecule has 2 fully saturated rings. The molecule has 2 aliphatic rings. The third kappa shape index (κ3) is 3.00. The fraction of sp³-hybridized carbons (Fsp3) is 0.800. The molecule has 4 nitrogen and oxygen atoms in total. The van der Waals surface area contributed by atoms with Gasteiger partial charge in [0.15, 0.2) is 0 Å². The van der Waals surface area contributed by atoms with E-state index < -0.39 is 0 Å². The fourth-order valence-corrected chi connectivity index (χ4v) is 3.72. The lowest BCUT2D eigenvalue weighted by atomic mass is 9.89. The molecule has 4 heteroatoms. The largest absolute Gasteiger partial charge is 0.314 e. The Kier molecular flexibility index (Phi) is 3.89. The third-order valence-corrected chi connectivity index (χ3v) is 4.72. The second-order valence-electron chi connectivity index (χ2n) is 6.25. The van der Waals surface area contributed by atoms with E-state index in [1.807, 2.05) is 11.7 Å². The number of hydrogen-bond acceptors (Lipinski definition) is 3. The van der Waals surface area contributed by atoms with Gasteiger partial charge in [0.2, 0.25) is 0 Å². The van der Waals surface area contributed by atoms with Crippen molar-refractivity contribution in [2.45, 2.75) is 45.2 Å². The Labute approximate surface area is 116 Å². The van der Waals surface area contributed by atoms with E-state index in [-0.39, 0.29) is 0 Å². The molecule has 0 bridgehead atoms. The zero-order chi connectivity index (χ0) is 13.2. The molecule has 3 rings (SSSR count). The summed E-state index contributed by atoms with van der Waals surface area (Å²) in [5.74, 6) is 0.855. The molecule has 2 unspecified atom stereocenters. The molecule has 0 radical (unpaired) electrons. The number of nitrogens with zero attached hydrogens (tertiary/aromatic N) is 3. The van der Waals surface area contributed by atoms with Crippen molar-refractivity contribution in [3.05, 3.63) is 17.5 Å². The van der Waals surface area contributed by atoms with Gasteiger partial charge in [-0.05, 0) is 51.6 Å². The van der Waals surface area contributed by atoms with Crippen molar-refractivity contribution in [1.29, 1.82) is 0 Å². The first-order chi connectivity index (χ1) is 9.22. The first-order valence-electron chi connectivity index (χ1n) is 7.67. The number of aryl methyl sites for hydroxylation is 2. The normalized spacial score (nSPS) is 28.9. The maximum Gasteiger partial charge on any atom is 0.0638 e. The summed E-state index contributed by atoms with van der Waals surface area (Å²) in [5.41, 5.74) is 2.58. The van der Waals surface area contributed by atoms with Crippen molar-refractivity contribution in [1.82, 2.24) is 20.0 Å². The highest BCUT2D eigenvalue weighted by Crippen LogP contribution is 2.25. The van der Waals surface area contributed by atoms with E-state index in [1.165, 1.54) is 56.6 Å². The predicted molar refractivity (Wildman–Crippen MR) is 77.0 cm³/mol. The zero-order valence-electron chi connectivity index (χ0n) is 12.2. The van der Waals surface area contributed by atoms with Gasteiger partial charge in [-0.15, -0.1) is 0 Å². The third-order valence-electron chi connectivity index (χ3n) is 4.72. The second kappa shape index (κ2) is 5.63. The highest BCUT2D eigenvalue weighted by Gasteiger charge is 2.29. The minimum absolute atomic E-state index is 0.776. The van der Waals surface area contributed by atoms with Crippen LogP contribution < -0.4 is 5.32 Å². The van der Waals surface area contributed by atoms with Gasteiger partial charge < -0.3 is 5.32 Å². The number of aromatic nitrogens is 2. The van der Waals surface area contributed by atoms with Gasteiger partial charge in [0.25, 0.3) is 0 Å². The summed E-state index contributed by atoms with van der Waals surface area (Å²) in [5, 5.41) is 8.13. The maximum atomic E-state index is 4.45. The van der Waals surface area contributed by atoms with Crippen molar-refractivity contribution < 1.29 is 0 Å². The first-order valence-corrected chi connectivity index (χ1v) is 7.67. The van der Waals surface area contributed by atoms with Crippen LogP contribution in [0, 0.1) is 12.8 Å². The van der Waals surface area contributed by atoms with Crippen molar-refractivity contribution in [2.75, 3.05) is 19.6 Å². The zero-order valence-corrected chi connectivity index (χ0v) is 12.2. The van der Waals surface area contributed by atoms with Crippen LogP contribution in [0.25, 0.3) is 0 Å². The Morgan fingerprint density at radius 1 is 1.37 bits per heavy atom. The number of likely N-dealkylation sites (tertiary alicyclic amines) is 1. The minimum atomic E-state index is 0.776. The molecule has 0 saturated carbocycles. The highest BCUT2D eigenvalue weighted by atomic mass is 15.3. The van der Waals surface area contributed by atoms with Crippen LogP contribution in [-0.4, -0.2) is 40.4 Å². The van der Waals surface area contributed by atoms with Gasteiger partial charge in [0.1, 0.15) is 0 Å². The van der Waals surface area contributed by atoms with Crippen molar-refractivity contribution in [3.8, 4) is 0 Å². The summed E-state index contributed by atoms with van der Waals surface area (Å²) in [4.78, 5) is 2.62. The predicted octanol–water partition coefficient (Wildman–Crippen LogP) is 1.69. The lowest BCUT2D eigenvalue weighted by Crippen LogP contribution is -2.43. The van der Waals surface area contributed by atoms with Crippen LogP contribution in [0.3, 0.4) is 0 Å². The Hall–Kier alpha value is -0.870. The topological polar surface area (TPSA) is 33.1 Å². The molecule has 2 aliphatic heterocycles. The summed E-state index contributed by atoms with van der Waals surface area (Å²) in [6.07, 6.45) is 7.67. The molecule has 2 saturated heterocycles. The molecule has 0 spiro atoms. The first kappa shape index (κ1) is 13.1. The number of piperidine rings is 1. The molecule has 1 aromatic heterocycles. The highest BCUT2D eigenvalue weighted by molar-refractivity contribution is 5.15.